The Morgan fingerprint density at radius 2 is 0.976 bits per heavy atom. The van der Waals surface area contributed by atoms with Crippen LogP contribution in [-0.4, -0.2) is 9.52 Å². The van der Waals surface area contributed by atoms with Crippen LogP contribution < -0.4 is 24.8 Å². The van der Waals surface area contributed by atoms with Gasteiger partial charge in [0.25, 0.3) is 0 Å². The molecule has 4 aromatic rings. The van der Waals surface area contributed by atoms with Gasteiger partial charge in [-0.05, 0) is 61.2 Å². The first-order valence-electron chi connectivity index (χ1n) is 15.8. The van der Waals surface area contributed by atoms with E-state index in [0.717, 1.165) is 45.0 Å². The molecule has 6 rings (SSSR count). The van der Waals surface area contributed by atoms with Crippen molar-refractivity contribution in [3.63, 3.8) is 0 Å². The van der Waals surface area contributed by atoms with Gasteiger partial charge in [0.15, 0.2) is 0 Å². The molecule has 1 radical (unpaired) electrons. The Morgan fingerprint density at radius 1 is 0.619 bits per heavy atom. The molecule has 6 unspecified atom stereocenters. The fourth-order valence-corrected chi connectivity index (χ4v) is 7.58. The van der Waals surface area contributed by atoms with E-state index >= 15 is 0 Å². The molecule has 42 heavy (non-hydrogen) atoms. The van der Waals surface area contributed by atoms with Crippen LogP contribution in [0.5, 0.6) is 0 Å². The predicted octanol–water partition coefficient (Wildman–Crippen LogP) is 5.34. The van der Waals surface area contributed by atoms with Crippen LogP contribution in [0.25, 0.3) is 21.5 Å². The molecule has 0 bridgehead atoms. The Labute approximate surface area is 291 Å². The molecular formula is C38H53Cl2SiZr. The first kappa shape index (κ1) is 39.4. The summed E-state index contributed by atoms with van der Waals surface area (Å²) in [6, 6.07) is 23.0. The quantitative estimate of drug-likeness (QED) is 0.196. The fourth-order valence-electron chi connectivity index (χ4n) is 7.58. The van der Waals surface area contributed by atoms with Crippen LogP contribution in [0.2, 0.25) is 13.1 Å². The summed E-state index contributed by atoms with van der Waals surface area (Å²) in [5.41, 5.74) is 5.99. The van der Waals surface area contributed by atoms with Crippen molar-refractivity contribution in [2.75, 3.05) is 0 Å². The number of fused-ring (bicyclic) bond motifs is 2. The van der Waals surface area contributed by atoms with Gasteiger partial charge in [0, 0.05) is 9.52 Å². The third-order valence-corrected chi connectivity index (χ3v) is 9.70. The molecule has 2 fully saturated rings. The number of aryl methyl sites for hydroxylation is 2. The maximum absolute atomic E-state index is 2.45. The molecule has 0 N–H and O–H groups in total. The van der Waals surface area contributed by atoms with Crippen molar-refractivity contribution in [1.29, 1.82) is 0 Å². The Hall–Kier alpha value is -0.660. The van der Waals surface area contributed by atoms with E-state index in [9.17, 15) is 0 Å². The molecule has 0 amide bonds. The van der Waals surface area contributed by atoms with Crippen LogP contribution in [0, 0.1) is 37.5 Å². The number of benzene rings is 2. The van der Waals surface area contributed by atoms with Gasteiger partial charge in [-0.15, -0.1) is 80.2 Å². The minimum atomic E-state index is 0. The maximum Gasteiger partial charge on any atom is 4.00 e. The standard InChI is InChI=1S/2C18H23.C2H7Si.2ClH.Zr/c2*1-12-7-8-17(14(3)9-12)16-10-15-6-4-5-13(2)18(15)11-16;1-3-2;;;/h2*4-6,10-12,14,17H,7-9H2,1-3H3;3H,1-2H3;2*1H;/q2*-1;;;;+4/p-2. The minimum absolute atomic E-state index is 0. The summed E-state index contributed by atoms with van der Waals surface area (Å²) in [7, 11) is 0.750. The second-order valence-electron chi connectivity index (χ2n) is 13.3. The summed E-state index contributed by atoms with van der Waals surface area (Å²) in [6.07, 6.45) is 8.33. The van der Waals surface area contributed by atoms with E-state index in [1.54, 1.807) is 11.1 Å². The normalized spacial score (nSPS) is 25.0. The first-order chi connectivity index (χ1) is 18.7. The summed E-state index contributed by atoms with van der Waals surface area (Å²) in [5.74, 6) is 5.09. The summed E-state index contributed by atoms with van der Waals surface area (Å²) in [6.45, 7) is 18.5. The van der Waals surface area contributed by atoms with Crippen LogP contribution in [0.1, 0.15) is 100 Å². The summed E-state index contributed by atoms with van der Waals surface area (Å²) < 4.78 is 0. The van der Waals surface area contributed by atoms with Gasteiger partial charge in [-0.2, -0.15) is 12.1 Å². The molecule has 227 valence electrons. The van der Waals surface area contributed by atoms with Crippen LogP contribution in [0.4, 0.5) is 0 Å². The van der Waals surface area contributed by atoms with E-state index in [2.05, 4.69) is 115 Å². The molecule has 2 aliphatic rings. The van der Waals surface area contributed by atoms with Gasteiger partial charge >= 0.3 is 26.2 Å². The van der Waals surface area contributed by atoms with Crippen molar-refractivity contribution in [1.82, 2.24) is 0 Å². The molecule has 0 heterocycles. The van der Waals surface area contributed by atoms with Crippen molar-refractivity contribution in [3.05, 3.63) is 82.9 Å². The molecule has 6 atom stereocenters. The van der Waals surface area contributed by atoms with E-state index in [4.69, 9.17) is 0 Å². The number of hydrogen-bond donors (Lipinski definition) is 0. The molecule has 0 saturated heterocycles. The van der Waals surface area contributed by atoms with Crippen molar-refractivity contribution >= 4 is 31.1 Å². The SMILES string of the molecule is C[SiH]C.Cc1cccc2cc(C3CCC(C)CC3C)[cH-]c12.Cc1cccc2cc(C3CCC(C)CC3C)[cH-]c12.[Cl-].[Cl-].[Zr+4]. The van der Waals surface area contributed by atoms with Crippen molar-refractivity contribution < 1.29 is 51.0 Å². The Morgan fingerprint density at radius 3 is 1.29 bits per heavy atom. The van der Waals surface area contributed by atoms with Crippen LogP contribution in [-0.2, 0) is 26.2 Å². The summed E-state index contributed by atoms with van der Waals surface area (Å²) in [4.78, 5) is 0. The average molecular weight is 700 g/mol. The monoisotopic (exact) mass is 697 g/mol. The number of halogens is 2. The predicted molar refractivity (Wildman–Crippen MR) is 177 cm³/mol. The van der Waals surface area contributed by atoms with Gasteiger partial charge in [0.1, 0.15) is 0 Å². The van der Waals surface area contributed by atoms with Crippen molar-refractivity contribution in [2.24, 2.45) is 23.7 Å². The Kier molecular flexibility index (Phi) is 17.2. The Bertz CT molecular complexity index is 1240. The van der Waals surface area contributed by atoms with E-state index in [1.165, 1.54) is 71.2 Å². The van der Waals surface area contributed by atoms with Gasteiger partial charge in [0.2, 0.25) is 0 Å². The second kappa shape index (κ2) is 18.3. The summed E-state index contributed by atoms with van der Waals surface area (Å²) in [5, 5.41) is 5.77. The number of hydrogen-bond acceptors (Lipinski definition) is 0. The fraction of sp³-hybridized carbons (Fsp3) is 0.526. The average Bonchev–Trinajstić information content (AvgIpc) is 3.51. The molecule has 0 aromatic heterocycles. The molecular weight excluding hydrogens is 647 g/mol. The molecule has 4 aromatic carbocycles. The Balaban J connectivity index is 0.000000361. The third-order valence-electron chi connectivity index (χ3n) is 9.70. The van der Waals surface area contributed by atoms with Gasteiger partial charge in [0.05, 0.1) is 0 Å². The van der Waals surface area contributed by atoms with E-state index in [1.807, 2.05) is 0 Å². The zero-order chi connectivity index (χ0) is 28.1. The summed E-state index contributed by atoms with van der Waals surface area (Å²) >= 11 is 0. The zero-order valence-electron chi connectivity index (χ0n) is 27.3. The largest absolute Gasteiger partial charge is 4.00 e. The van der Waals surface area contributed by atoms with Crippen LogP contribution in [0.15, 0.2) is 60.7 Å². The van der Waals surface area contributed by atoms with Gasteiger partial charge in [-0.3, -0.25) is 0 Å². The van der Waals surface area contributed by atoms with Crippen molar-refractivity contribution in [3.8, 4) is 0 Å². The topological polar surface area (TPSA) is 0 Å². The van der Waals surface area contributed by atoms with E-state index in [0.29, 0.717) is 0 Å². The van der Waals surface area contributed by atoms with Gasteiger partial charge < -0.3 is 24.8 Å². The minimum Gasteiger partial charge on any atom is -1.00 e. The van der Waals surface area contributed by atoms with Crippen LogP contribution >= 0.6 is 0 Å². The molecule has 0 nitrogen and oxygen atoms in total. The zero-order valence-corrected chi connectivity index (χ0v) is 32.4. The van der Waals surface area contributed by atoms with E-state index in [-0.39, 0.29) is 51.0 Å². The first-order valence-corrected chi connectivity index (χ1v) is 18.1. The smallest absolute Gasteiger partial charge is 1.00 e. The van der Waals surface area contributed by atoms with Crippen LogP contribution in [0.3, 0.4) is 0 Å². The number of rotatable bonds is 2. The van der Waals surface area contributed by atoms with Gasteiger partial charge in [-0.1, -0.05) is 79.6 Å². The van der Waals surface area contributed by atoms with Crippen molar-refractivity contribution in [2.45, 2.75) is 105 Å². The molecule has 0 aliphatic heterocycles. The second-order valence-corrected chi connectivity index (χ2v) is 14.5. The maximum atomic E-state index is 2.45. The molecule has 2 aliphatic carbocycles. The molecule has 4 heteroatoms. The molecule has 2 saturated carbocycles. The van der Waals surface area contributed by atoms with Gasteiger partial charge in [-0.25, -0.2) is 0 Å². The molecule has 0 spiro atoms. The van der Waals surface area contributed by atoms with E-state index < -0.39 is 0 Å². The third kappa shape index (κ3) is 9.67.